The van der Waals surface area contributed by atoms with E-state index in [9.17, 15) is 0 Å². The van der Waals surface area contributed by atoms with Crippen LogP contribution in [0.5, 0.6) is 0 Å². The van der Waals surface area contributed by atoms with Crippen LogP contribution >= 0.6 is 0 Å². The van der Waals surface area contributed by atoms with Gasteiger partial charge in [0.15, 0.2) is 0 Å². The maximum Gasteiger partial charge on any atom is 0.135 e. The predicted molar refractivity (Wildman–Crippen MR) is 228 cm³/mol. The van der Waals surface area contributed by atoms with Gasteiger partial charge in [0.05, 0.1) is 5.69 Å². The van der Waals surface area contributed by atoms with Crippen molar-refractivity contribution in [3.63, 3.8) is 0 Å². The Morgan fingerprint density at radius 3 is 1.65 bits per heavy atom. The molecular weight excluding hydrogens is 655 g/mol. The van der Waals surface area contributed by atoms with Gasteiger partial charge >= 0.3 is 0 Å². The van der Waals surface area contributed by atoms with Crippen molar-refractivity contribution in [1.82, 2.24) is 0 Å². The number of anilines is 3. The molecule has 0 spiro atoms. The van der Waals surface area contributed by atoms with E-state index in [0.29, 0.717) is 0 Å². The Bertz CT molecular complexity index is 2920. The summed E-state index contributed by atoms with van der Waals surface area (Å²) in [6.07, 6.45) is 0. The summed E-state index contributed by atoms with van der Waals surface area (Å²) < 4.78 is 6.21. The first-order valence-electron chi connectivity index (χ1n) is 18.4. The van der Waals surface area contributed by atoms with Gasteiger partial charge in [-0.1, -0.05) is 164 Å². The highest BCUT2D eigenvalue weighted by Gasteiger charge is 2.19. The average molecular weight is 690 g/mol. The Balaban J connectivity index is 1.11. The summed E-state index contributed by atoms with van der Waals surface area (Å²) in [7, 11) is 0. The summed E-state index contributed by atoms with van der Waals surface area (Å²) in [6, 6.07) is 76.0. The molecule has 9 aromatic carbocycles. The van der Waals surface area contributed by atoms with E-state index >= 15 is 0 Å². The van der Waals surface area contributed by atoms with Crippen LogP contribution in [0.1, 0.15) is 0 Å². The fraction of sp³-hybridized carbons (Fsp3) is 0. The van der Waals surface area contributed by atoms with Gasteiger partial charge in [0.2, 0.25) is 0 Å². The maximum atomic E-state index is 6.21. The summed E-state index contributed by atoms with van der Waals surface area (Å²) in [5.74, 6) is 0. The molecule has 1 aromatic heterocycles. The first kappa shape index (κ1) is 31.6. The first-order valence-corrected chi connectivity index (χ1v) is 18.4. The van der Waals surface area contributed by atoms with Crippen LogP contribution in [-0.2, 0) is 0 Å². The lowest BCUT2D eigenvalue weighted by Gasteiger charge is -2.28. The van der Waals surface area contributed by atoms with E-state index < -0.39 is 0 Å². The van der Waals surface area contributed by atoms with Gasteiger partial charge in [-0.25, -0.2) is 0 Å². The van der Waals surface area contributed by atoms with E-state index in [1.54, 1.807) is 0 Å². The molecule has 10 rings (SSSR count). The summed E-state index contributed by atoms with van der Waals surface area (Å²) in [4.78, 5) is 2.39. The number of rotatable bonds is 7. The van der Waals surface area contributed by atoms with Gasteiger partial charge in [0.1, 0.15) is 11.2 Å². The van der Waals surface area contributed by atoms with Crippen molar-refractivity contribution in [2.75, 3.05) is 4.90 Å². The number of hydrogen-bond donors (Lipinski definition) is 0. The van der Waals surface area contributed by atoms with Gasteiger partial charge in [-0.3, -0.25) is 0 Å². The van der Waals surface area contributed by atoms with E-state index in [0.717, 1.165) is 50.1 Å². The Kier molecular flexibility index (Phi) is 7.85. The maximum absolute atomic E-state index is 6.21. The number of furan rings is 1. The van der Waals surface area contributed by atoms with Crippen LogP contribution < -0.4 is 4.90 Å². The molecule has 2 heteroatoms. The third-order valence-corrected chi connectivity index (χ3v) is 10.5. The number of para-hydroxylation sites is 2. The van der Waals surface area contributed by atoms with Gasteiger partial charge in [0, 0.05) is 27.7 Å². The summed E-state index contributed by atoms with van der Waals surface area (Å²) in [5.41, 5.74) is 14.5. The van der Waals surface area contributed by atoms with E-state index in [1.807, 2.05) is 12.1 Å². The van der Waals surface area contributed by atoms with Gasteiger partial charge in [-0.2, -0.15) is 0 Å². The lowest BCUT2D eigenvalue weighted by molar-refractivity contribution is 0.669. The van der Waals surface area contributed by atoms with Crippen LogP contribution in [0.4, 0.5) is 17.1 Å². The van der Waals surface area contributed by atoms with Crippen LogP contribution in [0, 0.1) is 0 Å². The molecule has 54 heavy (non-hydrogen) atoms. The fourth-order valence-corrected chi connectivity index (χ4v) is 7.81. The highest BCUT2D eigenvalue weighted by molar-refractivity contribution is 6.07. The second-order valence-corrected chi connectivity index (χ2v) is 13.7. The lowest BCUT2D eigenvalue weighted by atomic mass is 9.96. The molecule has 1 heterocycles. The van der Waals surface area contributed by atoms with Crippen molar-refractivity contribution in [1.29, 1.82) is 0 Å². The van der Waals surface area contributed by atoms with Gasteiger partial charge < -0.3 is 9.32 Å². The molecule has 254 valence electrons. The van der Waals surface area contributed by atoms with Crippen molar-refractivity contribution in [2.45, 2.75) is 0 Å². The van der Waals surface area contributed by atoms with Gasteiger partial charge in [-0.15, -0.1) is 0 Å². The van der Waals surface area contributed by atoms with Crippen molar-refractivity contribution >= 4 is 49.8 Å². The minimum atomic E-state index is 0.893. The van der Waals surface area contributed by atoms with Crippen LogP contribution in [0.15, 0.2) is 217 Å². The van der Waals surface area contributed by atoms with E-state index in [-0.39, 0.29) is 0 Å². The average Bonchev–Trinajstić information content (AvgIpc) is 3.63. The molecule has 0 radical (unpaired) electrons. The molecule has 0 fully saturated rings. The highest BCUT2D eigenvalue weighted by Crippen LogP contribution is 2.44. The first-order chi connectivity index (χ1) is 26.8. The van der Waals surface area contributed by atoms with Crippen LogP contribution in [0.25, 0.3) is 77.2 Å². The fourth-order valence-electron chi connectivity index (χ4n) is 7.81. The smallest absolute Gasteiger partial charge is 0.135 e. The molecule has 0 aliphatic rings. The van der Waals surface area contributed by atoms with E-state index in [1.165, 1.54) is 44.2 Å². The van der Waals surface area contributed by atoms with E-state index in [2.05, 4.69) is 205 Å². The quantitative estimate of drug-likeness (QED) is 0.166. The van der Waals surface area contributed by atoms with Gasteiger partial charge in [0.25, 0.3) is 0 Å². The zero-order chi connectivity index (χ0) is 35.8. The molecule has 0 saturated heterocycles. The normalized spacial score (nSPS) is 11.3. The third-order valence-electron chi connectivity index (χ3n) is 10.5. The van der Waals surface area contributed by atoms with Crippen molar-refractivity contribution in [3.05, 3.63) is 212 Å². The van der Waals surface area contributed by atoms with E-state index in [4.69, 9.17) is 4.42 Å². The number of benzene rings is 9. The molecule has 0 amide bonds. The van der Waals surface area contributed by atoms with Gasteiger partial charge in [-0.05, 0) is 98.2 Å². The molecule has 0 unspecified atom stereocenters. The van der Waals surface area contributed by atoms with Crippen molar-refractivity contribution < 1.29 is 4.42 Å². The monoisotopic (exact) mass is 689 g/mol. The van der Waals surface area contributed by atoms with Crippen molar-refractivity contribution in [3.8, 4) is 44.5 Å². The minimum absolute atomic E-state index is 0.893. The predicted octanol–water partition coefficient (Wildman–Crippen LogP) is 14.9. The SMILES string of the molecule is c1ccc(-c2ccc(-c3ccc(N(c4cccc(-c5cccc6ccccc56)c4)c4ccccc4-c4ccc5oc6ccccc6c5c4)cc3)cc2)cc1. The second-order valence-electron chi connectivity index (χ2n) is 13.7. The minimum Gasteiger partial charge on any atom is -0.456 e. The zero-order valence-electron chi connectivity index (χ0n) is 29.6. The second kappa shape index (κ2) is 13.4. The molecule has 0 N–H and O–H groups in total. The van der Waals surface area contributed by atoms with Crippen LogP contribution in [0.3, 0.4) is 0 Å². The number of hydrogen-bond acceptors (Lipinski definition) is 2. The standard InChI is InChI=1S/C52H35NO/c1-2-12-36(13-3-1)37-24-26-38(27-25-37)39-28-31-43(32-29-39)53(44-17-10-16-41(34-44)46-21-11-15-40-14-4-5-18-45(40)46)50-22-8-6-19-47(50)42-30-33-52-49(35-42)48-20-7-9-23-51(48)54-52/h1-35H. The van der Waals surface area contributed by atoms with Crippen LogP contribution in [0.2, 0.25) is 0 Å². The Hall–Kier alpha value is -7.16. The van der Waals surface area contributed by atoms with Crippen molar-refractivity contribution in [2.24, 2.45) is 0 Å². The molecule has 0 saturated carbocycles. The number of fused-ring (bicyclic) bond motifs is 4. The molecule has 2 nitrogen and oxygen atoms in total. The molecule has 0 aliphatic carbocycles. The van der Waals surface area contributed by atoms with Crippen LogP contribution in [-0.4, -0.2) is 0 Å². The molecular formula is C52H35NO. The molecule has 0 aliphatic heterocycles. The molecule has 0 bridgehead atoms. The number of nitrogens with zero attached hydrogens (tertiary/aromatic N) is 1. The Morgan fingerprint density at radius 1 is 0.296 bits per heavy atom. The Labute approximate surface area is 314 Å². The lowest BCUT2D eigenvalue weighted by Crippen LogP contribution is -2.11. The molecule has 10 aromatic rings. The largest absolute Gasteiger partial charge is 0.456 e. The topological polar surface area (TPSA) is 16.4 Å². The Morgan fingerprint density at radius 2 is 0.833 bits per heavy atom. The zero-order valence-corrected chi connectivity index (χ0v) is 29.6. The summed E-state index contributed by atoms with van der Waals surface area (Å²) >= 11 is 0. The summed E-state index contributed by atoms with van der Waals surface area (Å²) in [5, 5.41) is 4.72. The highest BCUT2D eigenvalue weighted by atomic mass is 16.3. The molecule has 0 atom stereocenters. The third kappa shape index (κ3) is 5.71. The summed E-state index contributed by atoms with van der Waals surface area (Å²) in [6.45, 7) is 0.